The molecule has 9 nitrogen and oxygen atoms in total. The van der Waals surface area contributed by atoms with E-state index in [1.807, 2.05) is 12.1 Å². The second kappa shape index (κ2) is 7.35. The van der Waals surface area contributed by atoms with Crippen LogP contribution in [0.1, 0.15) is 40.1 Å². The predicted molar refractivity (Wildman–Crippen MR) is 114 cm³/mol. The predicted octanol–water partition coefficient (Wildman–Crippen LogP) is 2.34. The zero-order chi connectivity index (χ0) is 21.6. The van der Waals surface area contributed by atoms with Crippen molar-refractivity contribution in [2.24, 2.45) is 0 Å². The number of nitrogens with zero attached hydrogens (tertiary/aromatic N) is 4. The lowest BCUT2D eigenvalue weighted by atomic mass is 10.0. The Morgan fingerprint density at radius 1 is 1.23 bits per heavy atom. The number of aromatic nitrogens is 3. The minimum absolute atomic E-state index is 0.282. The summed E-state index contributed by atoms with van der Waals surface area (Å²) in [6.45, 7) is 6.84. The van der Waals surface area contributed by atoms with E-state index in [0.717, 1.165) is 42.2 Å². The first-order valence-corrected chi connectivity index (χ1v) is 10.2. The molecule has 2 aromatic heterocycles. The first-order valence-electron chi connectivity index (χ1n) is 10.2. The summed E-state index contributed by atoms with van der Waals surface area (Å²) in [7, 11) is 0. The number of hydrogen-bond acceptors (Lipinski definition) is 7. The number of benzene rings is 1. The highest BCUT2D eigenvalue weighted by Crippen LogP contribution is 2.42. The maximum atomic E-state index is 13.2. The molecule has 1 fully saturated rings. The van der Waals surface area contributed by atoms with Crippen molar-refractivity contribution in [2.45, 2.75) is 25.9 Å². The standard InChI is InChI=1S/C22H23N5O4/c1-22(2)9-15-7-17(18(8-19(15)31-22)26-3-5-30-6-4-26)25-21(29)16-11-24-27-12-14(13-28)10-23-20(16)27/h7-8,10-13H,3-6,9H2,1-2H3,(H,25,29). The molecule has 9 heteroatoms. The average Bonchev–Trinajstić information content (AvgIpc) is 3.32. The Bertz CT molecular complexity index is 1180. The van der Waals surface area contributed by atoms with Crippen molar-refractivity contribution in [3.63, 3.8) is 0 Å². The van der Waals surface area contributed by atoms with Gasteiger partial charge in [-0.05, 0) is 19.9 Å². The molecule has 4 heterocycles. The van der Waals surface area contributed by atoms with Crippen LogP contribution in [0.5, 0.6) is 5.75 Å². The monoisotopic (exact) mass is 421 g/mol. The zero-order valence-electron chi connectivity index (χ0n) is 17.4. The van der Waals surface area contributed by atoms with Gasteiger partial charge in [0.05, 0.1) is 36.3 Å². The van der Waals surface area contributed by atoms with E-state index >= 15 is 0 Å². The number of amides is 1. The third kappa shape index (κ3) is 3.61. The smallest absolute Gasteiger partial charge is 0.261 e. The number of carbonyl (C=O) groups is 2. The molecule has 0 radical (unpaired) electrons. The number of carbonyl (C=O) groups excluding carboxylic acids is 2. The highest BCUT2D eigenvalue weighted by Gasteiger charge is 2.32. The average molecular weight is 421 g/mol. The van der Waals surface area contributed by atoms with Crippen LogP contribution < -0.4 is 15.0 Å². The summed E-state index contributed by atoms with van der Waals surface area (Å²) >= 11 is 0. The van der Waals surface area contributed by atoms with Gasteiger partial charge in [0.1, 0.15) is 16.9 Å². The number of rotatable bonds is 4. The molecular weight excluding hydrogens is 398 g/mol. The van der Waals surface area contributed by atoms with Crippen LogP contribution in [-0.4, -0.2) is 58.7 Å². The minimum Gasteiger partial charge on any atom is -0.487 e. The summed E-state index contributed by atoms with van der Waals surface area (Å²) in [4.78, 5) is 30.6. The first kappa shape index (κ1) is 19.5. The molecule has 1 amide bonds. The number of anilines is 2. The minimum atomic E-state index is -0.311. The van der Waals surface area contributed by atoms with E-state index in [1.54, 1.807) is 6.20 Å². The number of morpholine rings is 1. The number of fused-ring (bicyclic) bond motifs is 2. The van der Waals surface area contributed by atoms with Crippen molar-refractivity contribution in [3.05, 3.63) is 47.4 Å². The largest absolute Gasteiger partial charge is 0.487 e. The van der Waals surface area contributed by atoms with Gasteiger partial charge in [0, 0.05) is 43.5 Å². The van der Waals surface area contributed by atoms with Gasteiger partial charge in [-0.1, -0.05) is 0 Å². The van der Waals surface area contributed by atoms with Crippen molar-refractivity contribution in [3.8, 4) is 5.75 Å². The quantitative estimate of drug-likeness (QED) is 0.646. The van der Waals surface area contributed by atoms with Gasteiger partial charge in [-0.3, -0.25) is 9.59 Å². The summed E-state index contributed by atoms with van der Waals surface area (Å²) in [5.41, 5.74) is 3.51. The lowest BCUT2D eigenvalue weighted by Gasteiger charge is -2.31. The van der Waals surface area contributed by atoms with E-state index in [4.69, 9.17) is 9.47 Å². The maximum absolute atomic E-state index is 13.2. The van der Waals surface area contributed by atoms with Crippen LogP contribution in [-0.2, 0) is 11.2 Å². The van der Waals surface area contributed by atoms with Gasteiger partial charge in [0.2, 0.25) is 0 Å². The molecule has 160 valence electrons. The van der Waals surface area contributed by atoms with Gasteiger partial charge in [0.15, 0.2) is 11.9 Å². The van der Waals surface area contributed by atoms with Crippen LogP contribution in [0.3, 0.4) is 0 Å². The van der Waals surface area contributed by atoms with Gasteiger partial charge in [0.25, 0.3) is 5.91 Å². The lowest BCUT2D eigenvalue weighted by Crippen LogP contribution is -2.36. The Morgan fingerprint density at radius 3 is 2.81 bits per heavy atom. The topological polar surface area (TPSA) is 98.1 Å². The van der Waals surface area contributed by atoms with Crippen molar-refractivity contribution in [1.82, 2.24) is 14.6 Å². The number of aldehydes is 1. The molecule has 31 heavy (non-hydrogen) atoms. The van der Waals surface area contributed by atoms with E-state index in [-0.39, 0.29) is 11.5 Å². The molecule has 3 aromatic rings. The number of nitrogens with one attached hydrogen (secondary N) is 1. The van der Waals surface area contributed by atoms with E-state index in [0.29, 0.717) is 36.3 Å². The van der Waals surface area contributed by atoms with Gasteiger partial charge in [-0.2, -0.15) is 5.10 Å². The molecular formula is C22H23N5O4. The molecule has 2 aliphatic rings. The van der Waals surface area contributed by atoms with Gasteiger partial charge in [-0.15, -0.1) is 0 Å². The molecule has 0 saturated carbocycles. The third-order valence-corrected chi connectivity index (χ3v) is 5.54. The van der Waals surface area contributed by atoms with Crippen LogP contribution in [0.4, 0.5) is 11.4 Å². The molecule has 5 rings (SSSR count). The first-order chi connectivity index (χ1) is 14.9. The highest BCUT2D eigenvalue weighted by atomic mass is 16.5. The van der Waals surface area contributed by atoms with Gasteiger partial charge >= 0.3 is 0 Å². The SMILES string of the molecule is CC1(C)Cc2cc(NC(=O)c3cnn4cc(C=O)cnc34)c(N3CCOCC3)cc2O1. The molecule has 1 aromatic carbocycles. The van der Waals surface area contributed by atoms with Crippen molar-refractivity contribution >= 4 is 29.2 Å². The zero-order valence-corrected chi connectivity index (χ0v) is 17.4. The van der Waals surface area contributed by atoms with Gasteiger partial charge < -0.3 is 19.7 Å². The molecule has 0 aliphatic carbocycles. The van der Waals surface area contributed by atoms with Crippen LogP contribution >= 0.6 is 0 Å². The normalized spacial score (nSPS) is 17.3. The Kier molecular flexibility index (Phi) is 4.62. The van der Waals surface area contributed by atoms with Crippen LogP contribution in [0.25, 0.3) is 5.65 Å². The van der Waals surface area contributed by atoms with Crippen molar-refractivity contribution in [2.75, 3.05) is 36.5 Å². The Balaban J connectivity index is 1.50. The Labute approximate surface area is 179 Å². The van der Waals surface area contributed by atoms with Gasteiger partial charge in [-0.25, -0.2) is 9.50 Å². The molecule has 2 aliphatic heterocycles. The molecule has 1 N–H and O–H groups in total. The van der Waals surface area contributed by atoms with Crippen LogP contribution in [0, 0.1) is 0 Å². The van der Waals surface area contributed by atoms with Crippen molar-refractivity contribution < 1.29 is 19.1 Å². The Hall–Kier alpha value is -3.46. The summed E-state index contributed by atoms with van der Waals surface area (Å²) in [5, 5.41) is 7.21. The van der Waals surface area contributed by atoms with E-state index in [1.165, 1.54) is 16.9 Å². The molecule has 1 saturated heterocycles. The lowest BCUT2D eigenvalue weighted by molar-refractivity contribution is 0.102. The fourth-order valence-electron chi connectivity index (χ4n) is 4.11. The van der Waals surface area contributed by atoms with Crippen LogP contribution in [0.15, 0.2) is 30.7 Å². The summed E-state index contributed by atoms with van der Waals surface area (Å²) in [6.07, 6.45) is 5.88. The maximum Gasteiger partial charge on any atom is 0.261 e. The fraction of sp³-hybridized carbons (Fsp3) is 0.364. The highest BCUT2D eigenvalue weighted by molar-refractivity contribution is 6.09. The molecule has 0 spiro atoms. The molecule has 0 atom stereocenters. The number of ether oxygens (including phenoxy) is 2. The second-order valence-electron chi connectivity index (χ2n) is 8.40. The fourth-order valence-corrected chi connectivity index (χ4v) is 4.11. The Morgan fingerprint density at radius 2 is 2.03 bits per heavy atom. The summed E-state index contributed by atoms with van der Waals surface area (Å²) < 4.78 is 13.0. The summed E-state index contributed by atoms with van der Waals surface area (Å²) in [5.74, 6) is 0.539. The van der Waals surface area contributed by atoms with E-state index < -0.39 is 0 Å². The third-order valence-electron chi connectivity index (χ3n) is 5.54. The number of hydrogen-bond donors (Lipinski definition) is 1. The summed E-state index contributed by atoms with van der Waals surface area (Å²) in [6, 6.07) is 4.01. The molecule has 0 unspecified atom stereocenters. The van der Waals surface area contributed by atoms with E-state index in [2.05, 4.69) is 34.1 Å². The second-order valence-corrected chi connectivity index (χ2v) is 8.40. The molecule has 0 bridgehead atoms. The van der Waals surface area contributed by atoms with E-state index in [9.17, 15) is 9.59 Å². The van der Waals surface area contributed by atoms with Crippen LogP contribution in [0.2, 0.25) is 0 Å². The van der Waals surface area contributed by atoms with Crippen molar-refractivity contribution in [1.29, 1.82) is 0 Å².